The van der Waals surface area contributed by atoms with Crippen molar-refractivity contribution in [2.24, 2.45) is 5.41 Å². The lowest BCUT2D eigenvalue weighted by Crippen LogP contribution is -2.44. The summed E-state index contributed by atoms with van der Waals surface area (Å²) in [5.74, 6) is -2.91. The number of nitrogens with two attached hydrogens (primary N) is 1. The predicted molar refractivity (Wildman–Crippen MR) is 125 cm³/mol. The van der Waals surface area contributed by atoms with E-state index in [4.69, 9.17) is 10.8 Å². The van der Waals surface area contributed by atoms with E-state index in [2.05, 4.69) is 15.3 Å². The van der Waals surface area contributed by atoms with Crippen molar-refractivity contribution in [3.8, 4) is 0 Å². The third-order valence-electron chi connectivity index (χ3n) is 6.32. The molecule has 2 amide bonds. The fraction of sp³-hybridized carbons (Fsp3) is 0.455. The summed E-state index contributed by atoms with van der Waals surface area (Å²) in [4.78, 5) is 34.8. The van der Waals surface area contributed by atoms with Crippen LogP contribution < -0.4 is 20.9 Å². The minimum Gasteiger partial charge on any atom is -0.465 e. The van der Waals surface area contributed by atoms with Gasteiger partial charge in [0.05, 0.1) is 24.0 Å². The SMILES string of the molecule is CC(=O)N1CC(F)(F)c2c(Sc3ncc(N4CCC(C)(CNC(=O)O)CC4)nc3N)cccc21. The number of nitrogens with zero attached hydrogens (tertiary/aromatic N) is 4. The fourth-order valence-electron chi connectivity index (χ4n) is 4.30. The zero-order valence-electron chi connectivity index (χ0n) is 18.8. The van der Waals surface area contributed by atoms with Gasteiger partial charge in [0.25, 0.3) is 5.92 Å². The number of fused-ring (bicyclic) bond motifs is 1. The van der Waals surface area contributed by atoms with Crippen molar-refractivity contribution >= 4 is 41.1 Å². The standard InChI is InChI=1S/C22H26F2N6O3S/c1-13(31)30-12-22(23,24)17-14(30)4-3-5-15(17)34-19-18(25)28-16(10-26-19)29-8-6-21(2,7-9-29)11-27-20(32)33/h3-5,10,27H,6-9,11-12H2,1-2H3,(H2,25,28)(H,32,33). The number of aromatic nitrogens is 2. The van der Waals surface area contributed by atoms with E-state index >= 15 is 0 Å². The summed E-state index contributed by atoms with van der Waals surface area (Å²) >= 11 is 1.00. The van der Waals surface area contributed by atoms with Gasteiger partial charge in [0, 0.05) is 31.5 Å². The minimum absolute atomic E-state index is 0.130. The van der Waals surface area contributed by atoms with Gasteiger partial charge in [0.15, 0.2) is 5.82 Å². The summed E-state index contributed by atoms with van der Waals surface area (Å²) in [7, 11) is 0. The van der Waals surface area contributed by atoms with E-state index in [1.54, 1.807) is 18.3 Å². The largest absolute Gasteiger partial charge is 0.465 e. The minimum atomic E-state index is -3.18. The molecule has 1 aromatic carbocycles. The summed E-state index contributed by atoms with van der Waals surface area (Å²) in [5.41, 5.74) is 6.00. The summed E-state index contributed by atoms with van der Waals surface area (Å²) in [5, 5.41) is 11.6. The van der Waals surface area contributed by atoms with E-state index in [0.717, 1.165) is 29.5 Å². The van der Waals surface area contributed by atoms with Crippen LogP contribution in [0.4, 0.5) is 30.9 Å². The van der Waals surface area contributed by atoms with Crippen molar-refractivity contribution in [2.75, 3.05) is 41.7 Å². The molecule has 0 bridgehead atoms. The Morgan fingerprint density at radius 1 is 1.29 bits per heavy atom. The van der Waals surface area contributed by atoms with Crippen molar-refractivity contribution in [3.63, 3.8) is 0 Å². The highest BCUT2D eigenvalue weighted by Crippen LogP contribution is 2.49. The first-order valence-corrected chi connectivity index (χ1v) is 11.6. The summed E-state index contributed by atoms with van der Waals surface area (Å²) < 4.78 is 29.5. The lowest BCUT2D eigenvalue weighted by atomic mass is 9.80. The molecule has 0 aliphatic carbocycles. The van der Waals surface area contributed by atoms with Crippen LogP contribution >= 0.6 is 11.8 Å². The highest BCUT2D eigenvalue weighted by Gasteiger charge is 2.47. The second kappa shape index (κ2) is 8.90. The topological polar surface area (TPSA) is 125 Å². The number of benzene rings is 1. The van der Waals surface area contributed by atoms with Crippen molar-refractivity contribution in [2.45, 2.75) is 42.5 Å². The zero-order valence-corrected chi connectivity index (χ0v) is 19.7. The Morgan fingerprint density at radius 3 is 2.62 bits per heavy atom. The van der Waals surface area contributed by atoms with Crippen LogP contribution in [0, 0.1) is 5.41 Å². The molecule has 2 aliphatic heterocycles. The maximum absolute atomic E-state index is 14.8. The first kappa shape index (κ1) is 24.0. The van der Waals surface area contributed by atoms with Crippen LogP contribution in [0.3, 0.4) is 0 Å². The molecule has 34 heavy (non-hydrogen) atoms. The van der Waals surface area contributed by atoms with Crippen molar-refractivity contribution in [3.05, 3.63) is 30.0 Å². The number of rotatable bonds is 5. The lowest BCUT2D eigenvalue weighted by molar-refractivity contribution is -0.117. The Morgan fingerprint density at radius 2 is 2.00 bits per heavy atom. The van der Waals surface area contributed by atoms with Crippen molar-refractivity contribution in [1.82, 2.24) is 15.3 Å². The summed E-state index contributed by atoms with van der Waals surface area (Å²) in [6.45, 7) is 4.33. The number of piperidine rings is 1. The molecule has 182 valence electrons. The molecule has 2 aromatic rings. The van der Waals surface area contributed by atoms with Gasteiger partial charge in [0.2, 0.25) is 5.91 Å². The lowest BCUT2D eigenvalue weighted by Gasteiger charge is -2.39. The molecule has 4 N–H and O–H groups in total. The van der Waals surface area contributed by atoms with Crippen LogP contribution in [0.15, 0.2) is 34.3 Å². The number of hydrogen-bond donors (Lipinski definition) is 3. The predicted octanol–water partition coefficient (Wildman–Crippen LogP) is 3.54. The molecule has 0 spiro atoms. The number of halogens is 2. The summed E-state index contributed by atoms with van der Waals surface area (Å²) in [6, 6.07) is 4.70. The second-order valence-corrected chi connectivity index (χ2v) is 9.97. The van der Waals surface area contributed by atoms with Crippen LogP contribution in [-0.2, 0) is 10.7 Å². The molecule has 1 fully saturated rings. The fourth-order valence-corrected chi connectivity index (χ4v) is 5.27. The van der Waals surface area contributed by atoms with Gasteiger partial charge in [-0.3, -0.25) is 4.79 Å². The highest BCUT2D eigenvalue weighted by molar-refractivity contribution is 7.99. The van der Waals surface area contributed by atoms with E-state index in [-0.39, 0.29) is 27.4 Å². The molecule has 12 heteroatoms. The number of hydrogen-bond acceptors (Lipinski definition) is 7. The molecular weight excluding hydrogens is 466 g/mol. The van der Waals surface area contributed by atoms with Gasteiger partial charge < -0.3 is 26.0 Å². The Kier molecular flexibility index (Phi) is 6.28. The number of nitrogen functional groups attached to an aromatic ring is 1. The molecule has 0 saturated carbocycles. The van der Waals surface area contributed by atoms with E-state index in [1.807, 2.05) is 11.8 Å². The van der Waals surface area contributed by atoms with Crippen LogP contribution in [0.1, 0.15) is 32.3 Å². The van der Waals surface area contributed by atoms with Crippen LogP contribution in [0.25, 0.3) is 0 Å². The normalized spacial score (nSPS) is 18.5. The van der Waals surface area contributed by atoms with Gasteiger partial charge in [-0.15, -0.1) is 0 Å². The van der Waals surface area contributed by atoms with Crippen LogP contribution in [-0.4, -0.2) is 53.3 Å². The molecule has 3 heterocycles. The Bertz CT molecular complexity index is 1120. The van der Waals surface area contributed by atoms with Crippen LogP contribution in [0.2, 0.25) is 0 Å². The van der Waals surface area contributed by atoms with E-state index in [1.165, 1.54) is 13.0 Å². The third kappa shape index (κ3) is 4.72. The average molecular weight is 493 g/mol. The molecule has 0 atom stereocenters. The molecule has 1 aromatic heterocycles. The zero-order chi connectivity index (χ0) is 24.7. The monoisotopic (exact) mass is 492 g/mol. The van der Waals surface area contributed by atoms with Gasteiger partial charge in [-0.2, -0.15) is 8.78 Å². The Balaban J connectivity index is 1.50. The first-order chi connectivity index (χ1) is 16.0. The van der Waals surface area contributed by atoms with E-state index < -0.39 is 24.5 Å². The number of carboxylic acid groups (broad SMARTS) is 1. The van der Waals surface area contributed by atoms with Crippen molar-refractivity contribution < 1.29 is 23.5 Å². The number of carbonyl (C=O) groups is 2. The molecule has 4 rings (SSSR count). The van der Waals surface area contributed by atoms with E-state index in [0.29, 0.717) is 30.5 Å². The van der Waals surface area contributed by atoms with Gasteiger partial charge >= 0.3 is 6.09 Å². The average Bonchev–Trinajstić information content (AvgIpc) is 3.06. The molecule has 0 unspecified atom stereocenters. The molecule has 2 aliphatic rings. The molecule has 9 nitrogen and oxygen atoms in total. The van der Waals surface area contributed by atoms with E-state index in [9.17, 15) is 18.4 Å². The van der Waals surface area contributed by atoms with Crippen LogP contribution in [0.5, 0.6) is 0 Å². The summed E-state index contributed by atoms with van der Waals surface area (Å²) in [6.07, 6.45) is 2.07. The van der Waals surface area contributed by atoms with Gasteiger partial charge in [0.1, 0.15) is 10.8 Å². The molecule has 1 saturated heterocycles. The maximum Gasteiger partial charge on any atom is 0.404 e. The van der Waals surface area contributed by atoms with Crippen molar-refractivity contribution in [1.29, 1.82) is 0 Å². The number of nitrogens with one attached hydrogen (secondary N) is 1. The van der Waals surface area contributed by atoms with Gasteiger partial charge in [-0.1, -0.05) is 24.8 Å². The smallest absolute Gasteiger partial charge is 0.404 e. The number of anilines is 3. The Hall–Kier alpha value is -3.15. The Labute approximate surface area is 199 Å². The molecular formula is C22H26F2N6O3S. The number of alkyl halides is 2. The number of amides is 2. The first-order valence-electron chi connectivity index (χ1n) is 10.8. The maximum atomic E-state index is 14.8. The highest BCUT2D eigenvalue weighted by atomic mass is 32.2. The van der Waals surface area contributed by atoms with Gasteiger partial charge in [-0.25, -0.2) is 14.8 Å². The van der Waals surface area contributed by atoms with Gasteiger partial charge in [-0.05, 0) is 30.4 Å². The second-order valence-electron chi connectivity index (χ2n) is 8.94. The molecule has 0 radical (unpaired) electrons. The quantitative estimate of drug-likeness (QED) is 0.579. The number of carbonyl (C=O) groups excluding carboxylic acids is 1. The third-order valence-corrected chi connectivity index (χ3v) is 7.38.